The Morgan fingerprint density at radius 2 is 2.10 bits per heavy atom. The van der Waals surface area contributed by atoms with Crippen molar-refractivity contribution in [2.24, 2.45) is 0 Å². The summed E-state index contributed by atoms with van der Waals surface area (Å²) in [6.45, 7) is 2.05. The van der Waals surface area contributed by atoms with Crippen LogP contribution in [0.5, 0.6) is 0 Å². The highest BCUT2D eigenvalue weighted by atomic mass is 16.6. The number of para-hydroxylation sites is 1. The van der Waals surface area contributed by atoms with Gasteiger partial charge in [-0.1, -0.05) is 50.0 Å². The molecule has 0 unspecified atom stereocenters. The van der Waals surface area contributed by atoms with E-state index in [9.17, 15) is 10.1 Å². The van der Waals surface area contributed by atoms with Gasteiger partial charge in [0, 0.05) is 4.92 Å². The molecular weight excluding hydrogens is 256 g/mol. The number of rotatable bonds is 8. The van der Waals surface area contributed by atoms with Crippen LogP contribution in [0.25, 0.3) is 11.0 Å². The van der Waals surface area contributed by atoms with Gasteiger partial charge >= 0.3 is 0 Å². The van der Waals surface area contributed by atoms with E-state index in [1.54, 1.807) is 4.68 Å². The maximum absolute atomic E-state index is 10.9. The first-order valence-corrected chi connectivity index (χ1v) is 7.14. The molecule has 0 saturated carbocycles. The molecule has 1 heterocycles. The maximum Gasteiger partial charge on any atom is 0.226 e. The lowest BCUT2D eigenvalue weighted by atomic mass is 10.1. The zero-order chi connectivity index (χ0) is 14.4. The molecule has 0 amide bonds. The third kappa shape index (κ3) is 3.53. The molecule has 0 radical (unpaired) electrons. The van der Waals surface area contributed by atoms with E-state index in [4.69, 9.17) is 0 Å². The van der Waals surface area contributed by atoms with E-state index >= 15 is 0 Å². The number of unbranched alkanes of at least 4 members (excludes halogenated alkanes) is 3. The highest BCUT2D eigenvalue weighted by Crippen LogP contribution is 2.21. The molecule has 0 aliphatic carbocycles. The summed E-state index contributed by atoms with van der Waals surface area (Å²) < 4.78 is 1.71. The van der Waals surface area contributed by atoms with Crippen molar-refractivity contribution in [1.82, 2.24) is 15.0 Å². The van der Waals surface area contributed by atoms with Crippen LogP contribution in [-0.4, -0.2) is 26.5 Å². The Morgan fingerprint density at radius 1 is 1.30 bits per heavy atom. The lowest BCUT2D eigenvalue weighted by molar-refractivity contribution is -0.486. The van der Waals surface area contributed by atoms with E-state index in [0.29, 0.717) is 0 Å². The predicted octanol–water partition coefficient (Wildman–Crippen LogP) is 3.22. The van der Waals surface area contributed by atoms with Crippen molar-refractivity contribution in [2.75, 3.05) is 6.54 Å². The average molecular weight is 276 g/mol. The molecule has 0 aliphatic heterocycles. The van der Waals surface area contributed by atoms with Crippen LogP contribution in [0.2, 0.25) is 0 Å². The van der Waals surface area contributed by atoms with Crippen molar-refractivity contribution < 1.29 is 4.92 Å². The molecule has 1 aromatic heterocycles. The number of hydrogen-bond acceptors (Lipinski definition) is 4. The van der Waals surface area contributed by atoms with Gasteiger partial charge in [-0.3, -0.25) is 10.1 Å². The lowest BCUT2D eigenvalue weighted by Gasteiger charge is -2.13. The Labute approximate surface area is 117 Å². The van der Waals surface area contributed by atoms with Crippen LogP contribution in [0.4, 0.5) is 0 Å². The molecule has 0 N–H and O–H groups in total. The van der Waals surface area contributed by atoms with E-state index in [1.165, 1.54) is 6.42 Å². The molecule has 20 heavy (non-hydrogen) atoms. The molecule has 1 aromatic carbocycles. The first-order valence-electron chi connectivity index (χ1n) is 7.14. The van der Waals surface area contributed by atoms with Crippen LogP contribution in [0.1, 0.15) is 45.1 Å². The van der Waals surface area contributed by atoms with Crippen LogP contribution >= 0.6 is 0 Å². The summed E-state index contributed by atoms with van der Waals surface area (Å²) in [7, 11) is 0. The smallest absolute Gasteiger partial charge is 0.226 e. The monoisotopic (exact) mass is 276 g/mol. The third-order valence-corrected chi connectivity index (χ3v) is 3.47. The van der Waals surface area contributed by atoms with Crippen LogP contribution < -0.4 is 0 Å². The van der Waals surface area contributed by atoms with Gasteiger partial charge in [0.05, 0.1) is 5.52 Å². The molecule has 6 nitrogen and oxygen atoms in total. The van der Waals surface area contributed by atoms with Gasteiger partial charge in [-0.2, -0.15) is 0 Å². The minimum Gasteiger partial charge on any atom is -0.264 e. The zero-order valence-corrected chi connectivity index (χ0v) is 11.7. The fraction of sp³-hybridized carbons (Fsp3) is 0.571. The van der Waals surface area contributed by atoms with Crippen molar-refractivity contribution in [3.05, 3.63) is 34.4 Å². The molecule has 108 valence electrons. The van der Waals surface area contributed by atoms with Gasteiger partial charge < -0.3 is 0 Å². The minimum atomic E-state index is -0.263. The summed E-state index contributed by atoms with van der Waals surface area (Å²) in [4.78, 5) is 10.6. The largest absolute Gasteiger partial charge is 0.264 e. The van der Waals surface area contributed by atoms with E-state index in [0.717, 1.165) is 36.7 Å². The maximum atomic E-state index is 10.9. The van der Waals surface area contributed by atoms with Crippen LogP contribution in [0.3, 0.4) is 0 Å². The Hall–Kier alpha value is -1.98. The van der Waals surface area contributed by atoms with Crippen LogP contribution in [-0.2, 0) is 0 Å². The number of nitro groups is 1. The van der Waals surface area contributed by atoms with Gasteiger partial charge in [0.2, 0.25) is 6.54 Å². The molecule has 0 bridgehead atoms. The summed E-state index contributed by atoms with van der Waals surface area (Å²) in [6.07, 6.45) is 5.20. The van der Waals surface area contributed by atoms with Crippen molar-refractivity contribution in [3.63, 3.8) is 0 Å². The molecular formula is C14H20N4O2. The standard InChI is InChI=1S/C14H20N4O2/c1-2-3-4-5-8-12(11-17(19)20)18-14-10-7-6-9-13(14)15-16-18/h6-7,9-10,12H,2-5,8,11H2,1H3/t12-/m0/s1. The second-order valence-corrected chi connectivity index (χ2v) is 5.04. The molecule has 2 rings (SSSR count). The summed E-state index contributed by atoms with van der Waals surface area (Å²) >= 11 is 0. The third-order valence-electron chi connectivity index (χ3n) is 3.47. The summed E-state index contributed by atoms with van der Waals surface area (Å²) in [5.41, 5.74) is 1.66. The zero-order valence-electron chi connectivity index (χ0n) is 11.7. The first kappa shape index (κ1) is 14.4. The molecule has 1 atom stereocenters. The van der Waals surface area contributed by atoms with Gasteiger partial charge in [-0.05, 0) is 18.6 Å². The topological polar surface area (TPSA) is 73.8 Å². The van der Waals surface area contributed by atoms with Crippen LogP contribution in [0, 0.1) is 10.1 Å². The van der Waals surface area contributed by atoms with E-state index in [2.05, 4.69) is 17.2 Å². The summed E-state index contributed by atoms with van der Waals surface area (Å²) in [5.74, 6) is 0. The normalized spacial score (nSPS) is 12.7. The summed E-state index contributed by atoms with van der Waals surface area (Å²) in [5, 5.41) is 19.1. The molecule has 0 spiro atoms. The van der Waals surface area contributed by atoms with Gasteiger partial charge in [0.1, 0.15) is 11.6 Å². The molecule has 0 aliphatic rings. The Kier molecular flexibility index (Phi) is 5.03. The number of hydrogen-bond donors (Lipinski definition) is 0. The Balaban J connectivity index is 2.14. The Bertz CT molecular complexity index is 567. The summed E-state index contributed by atoms with van der Waals surface area (Å²) in [6, 6.07) is 7.37. The van der Waals surface area contributed by atoms with Crippen molar-refractivity contribution in [1.29, 1.82) is 0 Å². The van der Waals surface area contributed by atoms with Crippen molar-refractivity contribution >= 4 is 11.0 Å². The highest BCUT2D eigenvalue weighted by molar-refractivity contribution is 5.73. The highest BCUT2D eigenvalue weighted by Gasteiger charge is 2.20. The molecule has 2 aromatic rings. The first-order chi connectivity index (χ1) is 9.72. The average Bonchev–Trinajstić information content (AvgIpc) is 2.86. The number of benzene rings is 1. The number of fused-ring (bicyclic) bond motifs is 1. The van der Waals surface area contributed by atoms with Crippen molar-refractivity contribution in [2.45, 2.75) is 45.1 Å². The fourth-order valence-electron chi connectivity index (χ4n) is 2.43. The second-order valence-electron chi connectivity index (χ2n) is 5.04. The minimum absolute atomic E-state index is 0.0977. The Morgan fingerprint density at radius 3 is 2.85 bits per heavy atom. The van der Waals surface area contributed by atoms with Crippen molar-refractivity contribution in [3.8, 4) is 0 Å². The number of nitrogens with zero attached hydrogens (tertiary/aromatic N) is 4. The van der Waals surface area contributed by atoms with E-state index in [1.807, 2.05) is 24.3 Å². The lowest BCUT2D eigenvalue weighted by Crippen LogP contribution is -2.20. The molecule has 0 fully saturated rings. The predicted molar refractivity (Wildman–Crippen MR) is 77.2 cm³/mol. The van der Waals surface area contributed by atoms with Gasteiger partial charge in [-0.25, -0.2) is 4.68 Å². The van der Waals surface area contributed by atoms with E-state index in [-0.39, 0.29) is 17.5 Å². The quantitative estimate of drug-likeness (QED) is 0.421. The fourth-order valence-corrected chi connectivity index (χ4v) is 2.43. The number of aromatic nitrogens is 3. The molecule has 6 heteroatoms. The SMILES string of the molecule is CCCCCC[C@@H](C[N+](=O)[O-])n1nnc2ccccc21. The van der Waals surface area contributed by atoms with E-state index < -0.39 is 0 Å². The van der Waals surface area contributed by atoms with Gasteiger partial charge in [0.15, 0.2) is 0 Å². The second kappa shape index (κ2) is 6.98. The van der Waals surface area contributed by atoms with Crippen LogP contribution in [0.15, 0.2) is 24.3 Å². The van der Waals surface area contributed by atoms with Gasteiger partial charge in [-0.15, -0.1) is 5.10 Å². The van der Waals surface area contributed by atoms with Gasteiger partial charge in [0.25, 0.3) is 0 Å². The molecule has 0 saturated heterocycles.